The summed E-state index contributed by atoms with van der Waals surface area (Å²) in [7, 11) is -3.69. The van der Waals surface area contributed by atoms with Gasteiger partial charge in [0.15, 0.2) is 0 Å². The average molecular weight is 1540 g/mol. The van der Waals surface area contributed by atoms with E-state index in [0.717, 1.165) is 112 Å². The lowest BCUT2D eigenvalue weighted by molar-refractivity contribution is 0.250. The Kier molecular flexibility index (Phi) is 22.8. The fourth-order valence-electron chi connectivity index (χ4n) is 10.6. The number of halogens is 1. The summed E-state index contributed by atoms with van der Waals surface area (Å²) in [5, 5.41) is 24.3. The molecule has 1 aliphatic heterocycles. The Balaban J connectivity index is 0.000000125. The second kappa shape index (κ2) is 33.3. The molecule has 522 valence electrons. The molecule has 0 radical (unpaired) electrons. The van der Waals surface area contributed by atoms with Crippen molar-refractivity contribution in [1.29, 1.82) is 0 Å². The molecule has 15 aromatic rings. The molecular weight excluding hydrogens is 1470 g/mol. The van der Waals surface area contributed by atoms with Crippen LogP contribution in [0.1, 0.15) is 30.6 Å². The van der Waals surface area contributed by atoms with Gasteiger partial charge in [0.1, 0.15) is 42.8 Å². The highest BCUT2D eigenvalue weighted by atomic mass is 79.9. The van der Waals surface area contributed by atoms with Crippen molar-refractivity contribution in [2.24, 2.45) is 0 Å². The van der Waals surface area contributed by atoms with Crippen LogP contribution in [0.25, 0.3) is 53.7 Å². The molecule has 0 saturated carbocycles. The molecule has 10 heterocycles. The Morgan fingerprint density at radius 2 is 0.894 bits per heavy atom. The Labute approximate surface area is 625 Å². The van der Waals surface area contributed by atoms with Crippen LogP contribution in [0.4, 0.5) is 57.9 Å². The Bertz CT molecular complexity index is 5510. The van der Waals surface area contributed by atoms with Crippen molar-refractivity contribution in [2.75, 3.05) is 58.1 Å². The molecule has 7 N–H and O–H groups in total. The van der Waals surface area contributed by atoms with Crippen LogP contribution in [0.3, 0.4) is 0 Å². The van der Waals surface area contributed by atoms with Crippen molar-refractivity contribution in [3.8, 4) is 42.8 Å². The van der Waals surface area contributed by atoms with E-state index >= 15 is 0 Å². The predicted molar refractivity (Wildman–Crippen MR) is 423 cm³/mol. The van der Waals surface area contributed by atoms with E-state index < -0.39 is 9.84 Å². The number of nitrogen functional groups attached to an aromatic ring is 1. The van der Waals surface area contributed by atoms with E-state index in [1.54, 1.807) is 125 Å². The van der Waals surface area contributed by atoms with Gasteiger partial charge in [0.25, 0.3) is 0 Å². The number of nitrogens with two attached hydrogens (primary N) is 1. The molecule has 0 aliphatic carbocycles. The summed E-state index contributed by atoms with van der Waals surface area (Å²) in [6.45, 7) is 15.4. The summed E-state index contributed by atoms with van der Waals surface area (Å²) in [6, 6.07) is 51.4. The highest BCUT2D eigenvalue weighted by Crippen LogP contribution is 2.32. The SMILES string of the molecule is Cc1cnc(-c2ccnc(Nc3ccc(C)c(Br)c3)n2)s1.Cc1cnc(-c2ccnc(Nc3ccc(N4CCN(Cc5ccccc5)CC4)cc3)n2)s1.Cc1cnc(-c2ccnc(Nc3ccc4cn[nH]c4c3)n2)s1.Cc1cnc(-c2ccnc(Nc3cccc(S(=O)(=O)c4cccc(N)c4)c3)n2)s1. The number of sulfone groups is 1. The third-order valence-corrected chi connectivity index (χ3v) is 22.1. The van der Waals surface area contributed by atoms with Gasteiger partial charge in [-0.2, -0.15) is 5.10 Å². The summed E-state index contributed by atoms with van der Waals surface area (Å²) in [6.07, 6.45) is 16.0. The minimum atomic E-state index is -3.69. The first-order valence-corrected chi connectivity index (χ1v) is 38.2. The number of aromatic nitrogens is 14. The molecule has 104 heavy (non-hydrogen) atoms. The Morgan fingerprint density at radius 1 is 0.452 bits per heavy atom. The van der Waals surface area contributed by atoms with E-state index in [9.17, 15) is 8.42 Å². The zero-order valence-corrected chi connectivity index (χ0v) is 62.5. The maximum atomic E-state index is 12.9. The highest BCUT2D eigenvalue weighted by molar-refractivity contribution is 9.10. The number of nitrogens with zero attached hydrogens (tertiary/aromatic N) is 15. The molecule has 1 aliphatic rings. The van der Waals surface area contributed by atoms with Gasteiger partial charge in [-0.05, 0) is 161 Å². The van der Waals surface area contributed by atoms with E-state index in [2.05, 4.69) is 179 Å². The molecule has 0 unspecified atom stereocenters. The first-order valence-electron chi connectivity index (χ1n) is 32.7. The van der Waals surface area contributed by atoms with Crippen molar-refractivity contribution in [1.82, 2.24) is 74.9 Å². The van der Waals surface area contributed by atoms with Crippen LogP contribution in [0, 0.1) is 34.6 Å². The Morgan fingerprint density at radius 3 is 1.37 bits per heavy atom. The van der Waals surface area contributed by atoms with E-state index in [1.807, 2.05) is 101 Å². The van der Waals surface area contributed by atoms with Crippen LogP contribution in [0.2, 0.25) is 0 Å². The number of aromatic amines is 1. The van der Waals surface area contributed by atoms with Gasteiger partial charge in [-0.15, -0.1) is 45.3 Å². The molecular formula is C75H68BrN21O2S5. The van der Waals surface area contributed by atoms with Crippen LogP contribution in [-0.2, 0) is 16.4 Å². The monoisotopic (exact) mass is 1530 g/mol. The molecule has 29 heteroatoms. The van der Waals surface area contributed by atoms with Crippen molar-refractivity contribution in [2.45, 2.75) is 51.0 Å². The molecule has 9 aromatic heterocycles. The summed E-state index contributed by atoms with van der Waals surface area (Å²) in [5.41, 5.74) is 17.5. The lowest BCUT2D eigenvalue weighted by Gasteiger charge is -2.36. The number of anilines is 10. The topological polar surface area (TPSA) is 298 Å². The summed E-state index contributed by atoms with van der Waals surface area (Å²) < 4.78 is 26.9. The van der Waals surface area contributed by atoms with Gasteiger partial charge < -0.3 is 31.9 Å². The normalized spacial score (nSPS) is 12.1. The highest BCUT2D eigenvalue weighted by Gasteiger charge is 2.21. The molecule has 0 bridgehead atoms. The predicted octanol–water partition coefficient (Wildman–Crippen LogP) is 17.3. The summed E-state index contributed by atoms with van der Waals surface area (Å²) >= 11 is 9.94. The second-order valence-corrected chi connectivity index (χ2v) is 31.4. The molecule has 0 spiro atoms. The molecule has 1 fully saturated rings. The van der Waals surface area contributed by atoms with Gasteiger partial charge >= 0.3 is 0 Å². The van der Waals surface area contributed by atoms with Crippen LogP contribution in [-0.4, -0.2) is 110 Å². The van der Waals surface area contributed by atoms with Crippen LogP contribution in [0.5, 0.6) is 0 Å². The maximum Gasteiger partial charge on any atom is 0.227 e. The standard InChI is InChI=1S/C25H26N6S.C20H17N5O2S2.C15H13BrN4S.C15H12N6S/c1-19-17-27-24(32-19)23-11-12-26-25(29-23)28-21-7-9-22(10-8-21)31-15-13-30(14-16-31)18-20-5-3-2-4-6-20;1-13-12-23-19(28-13)18-8-9-22-20(25-18)24-15-5-3-7-17(11-15)29(26,27)16-6-2-4-14(21)10-16;1-9-3-4-11(7-12(9)16)19-15-17-6-5-13(20-15)14-18-8-10(2)21-14;1-9-7-17-14(22-9)12-4-5-16-15(20-12)19-11-3-2-10-8-18-21-13(10)6-11/h2-12,17H,13-16,18H2,1H3,(H,26,28,29);2-12H,21H2,1H3,(H,22,24,25);3-8H,1-2H3,(H,17,19,20);2-8H,1H3,(H,18,21)(H,16,19,20). The molecule has 0 atom stereocenters. The summed E-state index contributed by atoms with van der Waals surface area (Å²) in [4.78, 5) is 62.5. The van der Waals surface area contributed by atoms with E-state index in [0.29, 0.717) is 40.9 Å². The number of nitrogens with one attached hydrogen (secondary N) is 5. The third kappa shape index (κ3) is 18.9. The van der Waals surface area contributed by atoms with Gasteiger partial charge in [0, 0.05) is 146 Å². The number of aryl methyl sites for hydroxylation is 5. The molecule has 1 saturated heterocycles. The second-order valence-electron chi connectivity index (χ2n) is 23.7. The van der Waals surface area contributed by atoms with Gasteiger partial charge in [0.05, 0.1) is 21.5 Å². The number of thiazole rings is 4. The first-order chi connectivity index (χ1) is 50.5. The van der Waals surface area contributed by atoms with Gasteiger partial charge in [-0.1, -0.05) is 64.5 Å². The fourth-order valence-corrected chi connectivity index (χ4v) is 15.2. The smallest absolute Gasteiger partial charge is 0.227 e. The van der Waals surface area contributed by atoms with E-state index in [-0.39, 0.29) is 9.79 Å². The third-order valence-electron chi connectivity index (χ3n) is 15.8. The van der Waals surface area contributed by atoms with Crippen molar-refractivity contribution in [3.05, 3.63) is 255 Å². The summed E-state index contributed by atoms with van der Waals surface area (Å²) in [5.74, 6) is 2.05. The minimum Gasteiger partial charge on any atom is -0.399 e. The lowest BCUT2D eigenvalue weighted by Crippen LogP contribution is -2.45. The number of piperazine rings is 1. The molecule has 16 rings (SSSR count). The fraction of sp³-hybridized carbons (Fsp3) is 0.133. The molecule has 6 aromatic carbocycles. The van der Waals surface area contributed by atoms with E-state index in [1.165, 1.54) is 38.7 Å². The average Bonchev–Trinajstić information content (AvgIpc) is 1.14. The van der Waals surface area contributed by atoms with Crippen molar-refractivity contribution < 1.29 is 8.42 Å². The van der Waals surface area contributed by atoms with Crippen LogP contribution < -0.4 is 31.9 Å². The zero-order valence-electron chi connectivity index (χ0n) is 56.8. The van der Waals surface area contributed by atoms with E-state index in [4.69, 9.17) is 5.73 Å². The van der Waals surface area contributed by atoms with Crippen molar-refractivity contribution >= 4 is 140 Å². The number of rotatable bonds is 17. The number of benzene rings is 6. The first kappa shape index (κ1) is 71.2. The zero-order chi connectivity index (χ0) is 71.9. The number of fused-ring (bicyclic) bond motifs is 1. The maximum absolute atomic E-state index is 12.9. The Hall–Kier alpha value is -11.2. The lowest BCUT2D eigenvalue weighted by atomic mass is 10.2. The van der Waals surface area contributed by atoms with Gasteiger partial charge in [0.2, 0.25) is 33.6 Å². The van der Waals surface area contributed by atoms with Crippen molar-refractivity contribution in [3.63, 3.8) is 0 Å². The quantitative estimate of drug-likeness (QED) is 0.0462. The van der Waals surface area contributed by atoms with Gasteiger partial charge in [-0.25, -0.2) is 68.2 Å². The largest absolute Gasteiger partial charge is 0.399 e. The van der Waals surface area contributed by atoms with Gasteiger partial charge in [-0.3, -0.25) is 10.00 Å². The minimum absolute atomic E-state index is 0.145. The number of H-pyrrole nitrogens is 1. The molecule has 0 amide bonds. The van der Waals surface area contributed by atoms with Crippen LogP contribution in [0.15, 0.2) is 234 Å². The number of hydrogen-bond donors (Lipinski definition) is 6. The number of hydrogen-bond acceptors (Lipinski definition) is 26. The molecule has 23 nitrogen and oxygen atoms in total. The van der Waals surface area contributed by atoms with Crippen LogP contribution >= 0.6 is 61.3 Å².